The third-order valence-corrected chi connectivity index (χ3v) is 13.7. The minimum absolute atomic E-state index is 0.674. The normalized spacial score (nSPS) is 24.3. The molecule has 0 saturated carbocycles. The third-order valence-electron chi connectivity index (χ3n) is 1.40. The maximum atomic E-state index is 6.04. The molecule has 0 atom stereocenters. The van der Waals surface area contributed by atoms with Crippen LogP contribution in [0.25, 0.3) is 0 Å². The maximum absolute atomic E-state index is 6.04. The van der Waals surface area contributed by atoms with Gasteiger partial charge in [-0.1, -0.05) is 0 Å². The summed E-state index contributed by atoms with van der Waals surface area (Å²) < 4.78 is 0.775. The quantitative estimate of drug-likeness (QED) is 0.592. The zero-order valence-corrected chi connectivity index (χ0v) is 11.8. The molecule has 1 aliphatic carbocycles. The first-order valence-electron chi connectivity index (χ1n) is 2.95. The Morgan fingerprint density at radius 3 is 2.00 bits per heavy atom. The molecule has 0 unspecified atom stereocenters. The van der Waals surface area contributed by atoms with Crippen molar-refractivity contribution in [3.05, 3.63) is 22.2 Å². The molecule has 5 heteroatoms. The molecule has 0 nitrogen and oxygen atoms in total. The first kappa shape index (κ1) is 10.4. The SMILES string of the molecule is [CH3][W]([Cl])([Cl])([Cl])([Cl])[C]1=CC=CC1. The van der Waals surface area contributed by atoms with Crippen molar-refractivity contribution >= 4 is 37.7 Å². The first-order chi connectivity index (χ1) is 4.59. The Labute approximate surface area is 80.3 Å². The van der Waals surface area contributed by atoms with Crippen molar-refractivity contribution in [2.24, 2.45) is 0 Å². The van der Waals surface area contributed by atoms with Crippen LogP contribution in [0.15, 0.2) is 22.2 Å². The van der Waals surface area contributed by atoms with Gasteiger partial charge in [0, 0.05) is 0 Å². The van der Waals surface area contributed by atoms with Crippen molar-refractivity contribution in [2.45, 2.75) is 11.7 Å². The van der Waals surface area contributed by atoms with Crippen LogP contribution in [0.3, 0.4) is 0 Å². The molecule has 1 rings (SSSR count). The fourth-order valence-electron chi connectivity index (χ4n) is 0.808. The van der Waals surface area contributed by atoms with Crippen molar-refractivity contribution in [1.82, 2.24) is 0 Å². The van der Waals surface area contributed by atoms with E-state index in [9.17, 15) is 0 Å². The van der Waals surface area contributed by atoms with Crippen LogP contribution in [0.5, 0.6) is 0 Å². The van der Waals surface area contributed by atoms with E-state index in [4.69, 9.17) is 37.7 Å². The molecule has 0 radical (unpaired) electrons. The number of halogens is 4. The average Bonchev–Trinajstić information content (AvgIpc) is 2.01. The standard InChI is InChI=1S/C5H5.CH3.4ClH.W/c1-2-4-5-3-1;;;;;;/h1-3H,4H2;1H3;4*1H;/q;;;;;;+4/p-4. The van der Waals surface area contributed by atoms with Gasteiger partial charge in [0.1, 0.15) is 0 Å². The van der Waals surface area contributed by atoms with E-state index < -0.39 is 9.39 Å². The van der Waals surface area contributed by atoms with Gasteiger partial charge in [0.25, 0.3) is 0 Å². The summed E-state index contributed by atoms with van der Waals surface area (Å²) in [5.74, 6) is 0. The van der Waals surface area contributed by atoms with Gasteiger partial charge < -0.3 is 0 Å². The van der Waals surface area contributed by atoms with Crippen LogP contribution in [0.2, 0.25) is 5.31 Å². The van der Waals surface area contributed by atoms with E-state index in [1.165, 1.54) is 0 Å². The molecule has 0 N–H and O–H groups in total. The van der Waals surface area contributed by atoms with E-state index in [2.05, 4.69) is 0 Å². The second-order valence-corrected chi connectivity index (χ2v) is 53.3. The van der Waals surface area contributed by atoms with Gasteiger partial charge in [0.05, 0.1) is 0 Å². The number of allylic oxidation sites excluding steroid dienone is 4. The number of rotatable bonds is 1. The van der Waals surface area contributed by atoms with E-state index >= 15 is 0 Å². The Morgan fingerprint density at radius 1 is 1.27 bits per heavy atom. The third kappa shape index (κ3) is 2.93. The van der Waals surface area contributed by atoms with Gasteiger partial charge >= 0.3 is 81.0 Å². The van der Waals surface area contributed by atoms with Crippen LogP contribution >= 0.6 is 37.7 Å². The van der Waals surface area contributed by atoms with Crippen molar-refractivity contribution in [1.29, 1.82) is 0 Å². The summed E-state index contributed by atoms with van der Waals surface area (Å²) >= 11 is 0. The van der Waals surface area contributed by atoms with Gasteiger partial charge in [-0.3, -0.25) is 0 Å². The monoisotopic (exact) mass is 404 g/mol. The van der Waals surface area contributed by atoms with Crippen molar-refractivity contribution in [3.63, 3.8) is 0 Å². The topological polar surface area (TPSA) is 0 Å². The van der Waals surface area contributed by atoms with Crippen molar-refractivity contribution in [2.75, 3.05) is 0 Å². The molecular formula is C6H8Cl4W. The van der Waals surface area contributed by atoms with Crippen LogP contribution in [-0.4, -0.2) is 0 Å². The molecule has 0 bridgehead atoms. The second-order valence-electron chi connectivity index (χ2n) is 2.75. The van der Waals surface area contributed by atoms with Crippen LogP contribution < -0.4 is 0 Å². The summed E-state index contributed by atoms with van der Waals surface area (Å²) in [6.07, 6.45) is 6.27. The summed E-state index contributed by atoms with van der Waals surface area (Å²) in [6.45, 7) is 0. The summed E-state index contributed by atoms with van der Waals surface area (Å²) in [6, 6.07) is 0. The van der Waals surface area contributed by atoms with Crippen LogP contribution in [0, 0.1) is 0 Å². The zero-order valence-electron chi connectivity index (χ0n) is 5.86. The summed E-state index contributed by atoms with van der Waals surface area (Å²) in [5, 5.41) is 1.56. The van der Waals surface area contributed by atoms with E-state index in [-0.39, 0.29) is 0 Å². The fourth-order valence-corrected chi connectivity index (χ4v) is 7.91. The Bertz CT molecular complexity index is 241. The summed E-state index contributed by atoms with van der Waals surface area (Å²) in [4.78, 5) is 0. The zero-order chi connectivity index (χ0) is 8.81. The summed E-state index contributed by atoms with van der Waals surface area (Å²) in [7, 11) is 19.3. The van der Waals surface area contributed by atoms with E-state index in [0.717, 1.165) is 3.96 Å². The minimum atomic E-state index is -4.88. The van der Waals surface area contributed by atoms with E-state index in [1.807, 2.05) is 12.2 Å². The van der Waals surface area contributed by atoms with Crippen LogP contribution in [0.1, 0.15) is 6.42 Å². The van der Waals surface area contributed by atoms with Gasteiger partial charge in [0.15, 0.2) is 0 Å². The fraction of sp³-hybridized carbons (Fsp3) is 0.333. The van der Waals surface area contributed by atoms with Crippen LogP contribution in [0.4, 0.5) is 0 Å². The molecule has 0 aromatic carbocycles. The molecular weight excluding hydrogens is 398 g/mol. The van der Waals surface area contributed by atoms with Crippen LogP contribution in [-0.2, 0) is 9.39 Å². The number of hydrogen-bond acceptors (Lipinski definition) is 0. The van der Waals surface area contributed by atoms with Gasteiger partial charge in [-0.25, -0.2) is 0 Å². The van der Waals surface area contributed by atoms with Gasteiger partial charge in [-0.2, -0.15) is 0 Å². The van der Waals surface area contributed by atoms with Crippen molar-refractivity contribution in [3.8, 4) is 0 Å². The molecule has 0 heterocycles. The van der Waals surface area contributed by atoms with Gasteiger partial charge in [-0.15, -0.1) is 0 Å². The molecule has 0 aliphatic heterocycles. The Hall–Kier alpha value is 1.33. The Balaban J connectivity index is 3.11. The van der Waals surface area contributed by atoms with E-state index in [0.29, 0.717) is 6.42 Å². The molecule has 0 amide bonds. The average molecular weight is 406 g/mol. The predicted octanol–water partition coefficient (Wildman–Crippen LogP) is 4.72. The molecule has 0 saturated heterocycles. The summed E-state index contributed by atoms with van der Waals surface area (Å²) in [5.41, 5.74) is 0. The molecule has 0 aromatic heterocycles. The number of hydrogen-bond donors (Lipinski definition) is 0. The van der Waals surface area contributed by atoms with E-state index in [1.54, 1.807) is 11.4 Å². The first-order valence-corrected chi connectivity index (χ1v) is 21.9. The molecule has 11 heavy (non-hydrogen) atoms. The Morgan fingerprint density at radius 2 is 1.82 bits per heavy atom. The molecule has 66 valence electrons. The van der Waals surface area contributed by atoms with Gasteiger partial charge in [0.2, 0.25) is 0 Å². The van der Waals surface area contributed by atoms with Crippen molar-refractivity contribution < 1.29 is 9.39 Å². The molecule has 0 fully saturated rings. The predicted molar refractivity (Wildman–Crippen MR) is 51.1 cm³/mol. The molecule has 0 aromatic rings. The Kier molecular flexibility index (Phi) is 2.10. The second kappa shape index (κ2) is 2.22. The van der Waals surface area contributed by atoms with Gasteiger partial charge in [-0.05, 0) is 0 Å². The molecule has 1 aliphatic rings. The molecule has 0 spiro atoms.